The van der Waals surface area contributed by atoms with Crippen LogP contribution in [0.2, 0.25) is 0 Å². The molecule has 0 saturated carbocycles. The molecule has 21 heavy (non-hydrogen) atoms. The van der Waals surface area contributed by atoms with Gasteiger partial charge in [-0.15, -0.1) is 0 Å². The largest absolute Gasteiger partial charge is 0.310 e. The molecule has 0 radical (unpaired) electrons. The Morgan fingerprint density at radius 3 is 2.76 bits per heavy atom. The third-order valence-corrected chi connectivity index (χ3v) is 4.14. The van der Waals surface area contributed by atoms with Gasteiger partial charge >= 0.3 is 0 Å². The molecule has 3 heteroatoms. The molecule has 114 valence electrons. The molecular formula is C18H27N3. The molecule has 1 heterocycles. The SMILES string of the molecule is CCCNC(CCc1cnn(C)c1)c1cccc(C)c1C. The lowest BCUT2D eigenvalue weighted by atomic mass is 9.93. The van der Waals surface area contributed by atoms with Crippen molar-refractivity contribution in [3.05, 3.63) is 52.8 Å². The normalized spacial score (nSPS) is 12.6. The first-order chi connectivity index (χ1) is 10.1. The van der Waals surface area contributed by atoms with Gasteiger partial charge in [-0.2, -0.15) is 5.10 Å². The first kappa shape index (κ1) is 15.8. The van der Waals surface area contributed by atoms with Crippen LogP contribution in [0.5, 0.6) is 0 Å². The number of benzene rings is 1. The molecule has 0 saturated heterocycles. The van der Waals surface area contributed by atoms with Gasteiger partial charge in [0, 0.05) is 19.3 Å². The maximum atomic E-state index is 4.26. The molecule has 0 spiro atoms. The molecular weight excluding hydrogens is 258 g/mol. The number of aryl methyl sites for hydroxylation is 3. The first-order valence-corrected chi connectivity index (χ1v) is 7.88. The Kier molecular flexibility index (Phi) is 5.57. The van der Waals surface area contributed by atoms with E-state index in [0.717, 1.165) is 25.8 Å². The van der Waals surface area contributed by atoms with E-state index in [1.54, 1.807) is 0 Å². The number of nitrogens with one attached hydrogen (secondary N) is 1. The molecule has 0 fully saturated rings. The minimum atomic E-state index is 0.421. The zero-order valence-corrected chi connectivity index (χ0v) is 13.7. The van der Waals surface area contributed by atoms with Crippen LogP contribution in [0.1, 0.15) is 48.1 Å². The Hall–Kier alpha value is -1.61. The Balaban J connectivity index is 2.11. The lowest BCUT2D eigenvalue weighted by Crippen LogP contribution is -2.23. The van der Waals surface area contributed by atoms with E-state index in [9.17, 15) is 0 Å². The highest BCUT2D eigenvalue weighted by molar-refractivity contribution is 5.35. The van der Waals surface area contributed by atoms with Gasteiger partial charge in [-0.3, -0.25) is 4.68 Å². The van der Waals surface area contributed by atoms with Gasteiger partial charge in [0.25, 0.3) is 0 Å². The third-order valence-electron chi connectivity index (χ3n) is 4.14. The summed E-state index contributed by atoms with van der Waals surface area (Å²) in [7, 11) is 1.97. The van der Waals surface area contributed by atoms with Gasteiger partial charge in [0.15, 0.2) is 0 Å². The Morgan fingerprint density at radius 2 is 2.10 bits per heavy atom. The van der Waals surface area contributed by atoms with Gasteiger partial charge in [-0.05, 0) is 61.9 Å². The summed E-state index contributed by atoms with van der Waals surface area (Å²) in [6.07, 6.45) is 7.41. The zero-order chi connectivity index (χ0) is 15.2. The van der Waals surface area contributed by atoms with Gasteiger partial charge in [0.2, 0.25) is 0 Å². The molecule has 1 aromatic heterocycles. The predicted molar refractivity (Wildman–Crippen MR) is 88.5 cm³/mol. The second-order valence-corrected chi connectivity index (χ2v) is 5.86. The molecule has 0 bridgehead atoms. The van der Waals surface area contributed by atoms with Gasteiger partial charge < -0.3 is 5.32 Å². The second kappa shape index (κ2) is 7.41. The van der Waals surface area contributed by atoms with E-state index in [-0.39, 0.29) is 0 Å². The highest BCUT2D eigenvalue weighted by Crippen LogP contribution is 2.24. The summed E-state index contributed by atoms with van der Waals surface area (Å²) >= 11 is 0. The van der Waals surface area contributed by atoms with Crippen molar-refractivity contribution in [3.8, 4) is 0 Å². The first-order valence-electron chi connectivity index (χ1n) is 7.88. The van der Waals surface area contributed by atoms with Crippen molar-refractivity contribution in [1.82, 2.24) is 15.1 Å². The highest BCUT2D eigenvalue weighted by atomic mass is 15.2. The maximum Gasteiger partial charge on any atom is 0.0521 e. The topological polar surface area (TPSA) is 29.9 Å². The molecule has 2 rings (SSSR count). The summed E-state index contributed by atoms with van der Waals surface area (Å²) in [4.78, 5) is 0. The predicted octanol–water partition coefficient (Wildman–Crippen LogP) is 3.71. The number of hydrogen-bond donors (Lipinski definition) is 1. The summed E-state index contributed by atoms with van der Waals surface area (Å²) in [6, 6.07) is 7.04. The summed E-state index contributed by atoms with van der Waals surface area (Å²) in [5, 5.41) is 7.96. The minimum absolute atomic E-state index is 0.421. The Morgan fingerprint density at radius 1 is 1.29 bits per heavy atom. The van der Waals surface area contributed by atoms with Crippen LogP contribution >= 0.6 is 0 Å². The maximum absolute atomic E-state index is 4.26. The lowest BCUT2D eigenvalue weighted by Gasteiger charge is -2.21. The van der Waals surface area contributed by atoms with E-state index >= 15 is 0 Å². The van der Waals surface area contributed by atoms with E-state index in [0.29, 0.717) is 6.04 Å². The van der Waals surface area contributed by atoms with Crippen LogP contribution < -0.4 is 5.32 Å². The fourth-order valence-electron chi connectivity index (χ4n) is 2.75. The molecule has 0 amide bonds. The average molecular weight is 285 g/mol. The molecule has 1 atom stereocenters. The van der Waals surface area contributed by atoms with Crippen LogP contribution in [-0.2, 0) is 13.5 Å². The lowest BCUT2D eigenvalue weighted by molar-refractivity contribution is 0.497. The fourth-order valence-corrected chi connectivity index (χ4v) is 2.75. The van der Waals surface area contributed by atoms with Gasteiger partial charge in [-0.1, -0.05) is 25.1 Å². The molecule has 0 aliphatic rings. The van der Waals surface area contributed by atoms with Crippen LogP contribution in [0.25, 0.3) is 0 Å². The standard InChI is InChI=1S/C18H27N3/c1-5-11-19-18(10-9-16-12-20-21(4)13-16)17-8-6-7-14(2)15(17)3/h6-8,12-13,18-19H,5,9-11H2,1-4H3. The van der Waals surface area contributed by atoms with Crippen molar-refractivity contribution in [2.45, 2.75) is 46.1 Å². The minimum Gasteiger partial charge on any atom is -0.310 e. The Bertz CT molecular complexity index is 572. The van der Waals surface area contributed by atoms with Crippen molar-refractivity contribution in [3.63, 3.8) is 0 Å². The summed E-state index contributed by atoms with van der Waals surface area (Å²) in [6.45, 7) is 7.70. The van der Waals surface area contributed by atoms with Crippen LogP contribution in [0.3, 0.4) is 0 Å². The second-order valence-electron chi connectivity index (χ2n) is 5.86. The molecule has 0 aliphatic carbocycles. The van der Waals surface area contributed by atoms with Crippen LogP contribution in [0.4, 0.5) is 0 Å². The smallest absolute Gasteiger partial charge is 0.0521 e. The Labute approximate surface area is 128 Å². The fraction of sp³-hybridized carbons (Fsp3) is 0.500. The number of aromatic nitrogens is 2. The van der Waals surface area contributed by atoms with Crippen molar-refractivity contribution in [2.24, 2.45) is 7.05 Å². The van der Waals surface area contributed by atoms with E-state index in [4.69, 9.17) is 0 Å². The van der Waals surface area contributed by atoms with E-state index in [2.05, 4.69) is 55.6 Å². The number of rotatable bonds is 7. The quantitative estimate of drug-likeness (QED) is 0.840. The molecule has 1 N–H and O–H groups in total. The van der Waals surface area contributed by atoms with Crippen molar-refractivity contribution in [2.75, 3.05) is 6.54 Å². The van der Waals surface area contributed by atoms with Gasteiger partial charge in [0.05, 0.1) is 6.20 Å². The van der Waals surface area contributed by atoms with Crippen LogP contribution in [-0.4, -0.2) is 16.3 Å². The van der Waals surface area contributed by atoms with Crippen LogP contribution in [0.15, 0.2) is 30.6 Å². The molecule has 3 nitrogen and oxygen atoms in total. The van der Waals surface area contributed by atoms with Crippen molar-refractivity contribution in [1.29, 1.82) is 0 Å². The zero-order valence-electron chi connectivity index (χ0n) is 13.7. The molecule has 0 aliphatic heterocycles. The molecule has 1 aromatic carbocycles. The summed E-state index contributed by atoms with van der Waals surface area (Å²) < 4.78 is 1.88. The van der Waals surface area contributed by atoms with Gasteiger partial charge in [-0.25, -0.2) is 0 Å². The van der Waals surface area contributed by atoms with Crippen molar-refractivity contribution >= 4 is 0 Å². The van der Waals surface area contributed by atoms with Crippen molar-refractivity contribution < 1.29 is 0 Å². The highest BCUT2D eigenvalue weighted by Gasteiger charge is 2.14. The summed E-state index contributed by atoms with van der Waals surface area (Å²) in [5.74, 6) is 0. The molecule has 1 unspecified atom stereocenters. The van der Waals surface area contributed by atoms with E-state index in [1.807, 2.05) is 17.9 Å². The van der Waals surface area contributed by atoms with E-state index in [1.165, 1.54) is 22.3 Å². The molecule has 2 aromatic rings. The number of hydrogen-bond acceptors (Lipinski definition) is 2. The third kappa shape index (κ3) is 4.18. The monoisotopic (exact) mass is 285 g/mol. The van der Waals surface area contributed by atoms with Crippen LogP contribution in [0, 0.1) is 13.8 Å². The average Bonchev–Trinajstić information content (AvgIpc) is 2.88. The summed E-state index contributed by atoms with van der Waals surface area (Å²) in [5.41, 5.74) is 5.54. The van der Waals surface area contributed by atoms with E-state index < -0.39 is 0 Å². The van der Waals surface area contributed by atoms with Gasteiger partial charge in [0.1, 0.15) is 0 Å². The number of nitrogens with zero attached hydrogens (tertiary/aromatic N) is 2.